The van der Waals surface area contributed by atoms with Crippen molar-refractivity contribution >= 4 is 12.4 Å². The Kier molecular flexibility index (Phi) is 9.05. The quantitative estimate of drug-likeness (QED) is 0.157. The Bertz CT molecular complexity index is 1350. The van der Waals surface area contributed by atoms with E-state index >= 15 is 0 Å². The molecule has 0 spiro atoms. The predicted molar refractivity (Wildman–Crippen MR) is 143 cm³/mol. The SMILES string of the molecule is Cc1ccccc1-c1ccccc1OCC(=O)OCCNCc1ccccc1-c1ccccc1OC=O. The molecule has 0 atom stereocenters. The average Bonchev–Trinajstić information content (AvgIpc) is 2.93. The molecule has 1 N–H and O–H groups in total. The van der Waals surface area contributed by atoms with E-state index in [9.17, 15) is 9.59 Å². The molecule has 0 aliphatic heterocycles. The number of benzene rings is 4. The van der Waals surface area contributed by atoms with Crippen molar-refractivity contribution in [2.24, 2.45) is 0 Å². The highest BCUT2D eigenvalue weighted by Gasteiger charge is 2.12. The molecule has 0 unspecified atom stereocenters. The average molecular weight is 496 g/mol. The lowest BCUT2D eigenvalue weighted by Crippen LogP contribution is -2.23. The van der Waals surface area contributed by atoms with Crippen LogP contribution in [0.2, 0.25) is 0 Å². The summed E-state index contributed by atoms with van der Waals surface area (Å²) in [6.07, 6.45) is 0. The molecule has 37 heavy (non-hydrogen) atoms. The first-order valence-corrected chi connectivity index (χ1v) is 12.1. The van der Waals surface area contributed by atoms with Crippen LogP contribution in [-0.4, -0.2) is 32.2 Å². The smallest absolute Gasteiger partial charge is 0.344 e. The second-order valence-electron chi connectivity index (χ2n) is 8.36. The van der Waals surface area contributed by atoms with Crippen molar-refractivity contribution in [1.29, 1.82) is 0 Å². The topological polar surface area (TPSA) is 73.9 Å². The number of hydrogen-bond donors (Lipinski definition) is 1. The number of carbonyl (C=O) groups is 2. The van der Waals surface area contributed by atoms with Gasteiger partial charge in [0.15, 0.2) is 6.61 Å². The van der Waals surface area contributed by atoms with Gasteiger partial charge < -0.3 is 19.5 Å². The zero-order valence-electron chi connectivity index (χ0n) is 20.7. The van der Waals surface area contributed by atoms with Crippen LogP contribution in [0.5, 0.6) is 11.5 Å². The van der Waals surface area contributed by atoms with Crippen molar-refractivity contribution in [2.45, 2.75) is 13.5 Å². The molecule has 4 rings (SSSR count). The van der Waals surface area contributed by atoms with Gasteiger partial charge in [0.1, 0.15) is 18.1 Å². The monoisotopic (exact) mass is 495 g/mol. The van der Waals surface area contributed by atoms with E-state index in [1.807, 2.05) is 97.9 Å². The third-order valence-electron chi connectivity index (χ3n) is 5.89. The van der Waals surface area contributed by atoms with Gasteiger partial charge >= 0.3 is 5.97 Å². The number of carbonyl (C=O) groups excluding carboxylic acids is 2. The van der Waals surface area contributed by atoms with Crippen LogP contribution in [0.15, 0.2) is 97.1 Å². The van der Waals surface area contributed by atoms with Gasteiger partial charge in [-0.3, -0.25) is 4.79 Å². The van der Waals surface area contributed by atoms with Crippen LogP contribution in [0.4, 0.5) is 0 Å². The molecule has 6 heteroatoms. The maximum Gasteiger partial charge on any atom is 0.344 e. The molecule has 4 aromatic carbocycles. The third kappa shape index (κ3) is 6.84. The van der Waals surface area contributed by atoms with Crippen molar-refractivity contribution < 1.29 is 23.8 Å². The van der Waals surface area contributed by atoms with Gasteiger partial charge in [0, 0.05) is 24.2 Å². The molecule has 0 aliphatic carbocycles. The molecular formula is C31H29NO5. The van der Waals surface area contributed by atoms with E-state index in [2.05, 4.69) is 5.32 Å². The van der Waals surface area contributed by atoms with E-state index in [1.165, 1.54) is 0 Å². The molecule has 6 nitrogen and oxygen atoms in total. The van der Waals surface area contributed by atoms with Crippen molar-refractivity contribution in [3.63, 3.8) is 0 Å². The zero-order chi connectivity index (χ0) is 25.9. The highest BCUT2D eigenvalue weighted by Crippen LogP contribution is 2.33. The second-order valence-corrected chi connectivity index (χ2v) is 8.36. The first-order chi connectivity index (χ1) is 18.2. The summed E-state index contributed by atoms with van der Waals surface area (Å²) in [5, 5.41) is 3.30. The number of nitrogens with one attached hydrogen (secondary N) is 1. The summed E-state index contributed by atoms with van der Waals surface area (Å²) in [6.45, 7) is 3.56. The van der Waals surface area contributed by atoms with E-state index in [0.717, 1.165) is 33.4 Å². The van der Waals surface area contributed by atoms with Gasteiger partial charge in [0.2, 0.25) is 0 Å². The molecule has 188 valence electrons. The van der Waals surface area contributed by atoms with E-state index in [0.29, 0.717) is 31.1 Å². The molecule has 0 bridgehead atoms. The largest absolute Gasteiger partial charge is 0.481 e. The minimum atomic E-state index is -0.429. The second kappa shape index (κ2) is 13.0. The van der Waals surface area contributed by atoms with Crippen molar-refractivity contribution in [3.8, 4) is 33.8 Å². The number of hydrogen-bond acceptors (Lipinski definition) is 6. The molecule has 0 saturated carbocycles. The maximum absolute atomic E-state index is 12.3. The summed E-state index contributed by atoms with van der Waals surface area (Å²) in [5.41, 5.74) is 5.97. The van der Waals surface area contributed by atoms with E-state index in [1.54, 1.807) is 6.07 Å². The van der Waals surface area contributed by atoms with Crippen molar-refractivity contribution in [3.05, 3.63) is 108 Å². The summed E-state index contributed by atoms with van der Waals surface area (Å²) in [6, 6.07) is 31.0. The fraction of sp³-hybridized carbons (Fsp3) is 0.161. The number of ether oxygens (including phenoxy) is 3. The lowest BCUT2D eigenvalue weighted by Gasteiger charge is -2.14. The van der Waals surface area contributed by atoms with Crippen LogP contribution >= 0.6 is 0 Å². The van der Waals surface area contributed by atoms with E-state index in [4.69, 9.17) is 14.2 Å². The van der Waals surface area contributed by atoms with Crippen molar-refractivity contribution in [2.75, 3.05) is 19.8 Å². The minimum Gasteiger partial charge on any atom is -0.481 e. The molecular weight excluding hydrogens is 466 g/mol. The van der Waals surface area contributed by atoms with Crippen LogP contribution in [-0.2, 0) is 20.9 Å². The summed E-state index contributed by atoms with van der Waals surface area (Å²) >= 11 is 0. The van der Waals surface area contributed by atoms with Gasteiger partial charge in [-0.05, 0) is 41.3 Å². The number of esters is 1. The predicted octanol–water partition coefficient (Wildman–Crippen LogP) is 5.58. The molecule has 0 amide bonds. The molecule has 0 aliphatic rings. The molecule has 4 aromatic rings. The lowest BCUT2D eigenvalue weighted by molar-refractivity contribution is -0.145. The van der Waals surface area contributed by atoms with Crippen LogP contribution in [0.3, 0.4) is 0 Å². The van der Waals surface area contributed by atoms with Crippen LogP contribution in [0.1, 0.15) is 11.1 Å². The summed E-state index contributed by atoms with van der Waals surface area (Å²) in [5.74, 6) is 0.715. The standard InChI is InChI=1S/C31H29NO5/c1-23-10-2-4-12-25(23)27-14-6-8-16-29(27)36-21-31(34)35-19-18-32-20-24-11-3-5-13-26(24)28-15-7-9-17-30(28)37-22-33/h2-17,22,32H,18-21H2,1H3. The van der Waals surface area contributed by atoms with Gasteiger partial charge in [0.25, 0.3) is 6.47 Å². The fourth-order valence-electron chi connectivity index (χ4n) is 4.11. The summed E-state index contributed by atoms with van der Waals surface area (Å²) in [4.78, 5) is 23.2. The highest BCUT2D eigenvalue weighted by molar-refractivity contribution is 5.76. The Morgan fingerprint density at radius 3 is 2.08 bits per heavy atom. The minimum absolute atomic E-state index is 0.167. The Balaban J connectivity index is 1.27. The van der Waals surface area contributed by atoms with E-state index in [-0.39, 0.29) is 13.2 Å². The highest BCUT2D eigenvalue weighted by atomic mass is 16.6. The van der Waals surface area contributed by atoms with Crippen LogP contribution in [0, 0.1) is 6.92 Å². The fourth-order valence-corrected chi connectivity index (χ4v) is 4.11. The molecule has 0 saturated heterocycles. The Hall–Kier alpha value is -4.42. The van der Waals surface area contributed by atoms with Crippen LogP contribution < -0.4 is 14.8 Å². The molecule has 0 radical (unpaired) electrons. The van der Waals surface area contributed by atoms with Gasteiger partial charge in [-0.15, -0.1) is 0 Å². The number of aryl methyl sites for hydroxylation is 1. The first-order valence-electron chi connectivity index (χ1n) is 12.1. The van der Waals surface area contributed by atoms with Crippen molar-refractivity contribution in [1.82, 2.24) is 5.32 Å². The Labute approximate surface area is 216 Å². The zero-order valence-corrected chi connectivity index (χ0v) is 20.7. The summed E-state index contributed by atoms with van der Waals surface area (Å²) < 4.78 is 16.3. The van der Waals surface area contributed by atoms with Crippen LogP contribution in [0.25, 0.3) is 22.3 Å². The van der Waals surface area contributed by atoms with Gasteiger partial charge in [-0.2, -0.15) is 0 Å². The Morgan fingerprint density at radius 2 is 1.35 bits per heavy atom. The lowest BCUT2D eigenvalue weighted by atomic mass is 9.99. The first kappa shape index (κ1) is 25.7. The van der Waals surface area contributed by atoms with E-state index < -0.39 is 5.97 Å². The maximum atomic E-state index is 12.3. The van der Waals surface area contributed by atoms with Gasteiger partial charge in [-0.25, -0.2) is 4.79 Å². The molecule has 0 fully saturated rings. The molecule has 0 aromatic heterocycles. The normalized spacial score (nSPS) is 10.5. The van der Waals surface area contributed by atoms with Gasteiger partial charge in [-0.1, -0.05) is 84.9 Å². The number of para-hydroxylation sites is 2. The summed E-state index contributed by atoms with van der Waals surface area (Å²) in [7, 11) is 0. The third-order valence-corrected chi connectivity index (χ3v) is 5.89. The molecule has 0 heterocycles. The number of rotatable bonds is 12. The van der Waals surface area contributed by atoms with Gasteiger partial charge in [0.05, 0.1) is 0 Å². The Morgan fingerprint density at radius 1 is 0.757 bits per heavy atom.